The molecule has 0 radical (unpaired) electrons. The van der Waals surface area contributed by atoms with Gasteiger partial charge in [0.05, 0.1) is 0 Å². The molecule has 1 aliphatic heterocycles. The summed E-state index contributed by atoms with van der Waals surface area (Å²) in [4.78, 5) is 0. The molecule has 0 amide bonds. The van der Waals surface area contributed by atoms with E-state index in [0.29, 0.717) is 0 Å². The van der Waals surface area contributed by atoms with Gasteiger partial charge in [-0.15, -0.1) is 0 Å². The summed E-state index contributed by atoms with van der Waals surface area (Å²) in [6.45, 7) is 0.848. The zero-order valence-corrected chi connectivity index (χ0v) is 4.52. The van der Waals surface area contributed by atoms with E-state index < -0.39 is 0 Å². The summed E-state index contributed by atoms with van der Waals surface area (Å²) in [7, 11) is 0. The van der Waals surface area contributed by atoms with Crippen LogP contribution in [0.25, 0.3) is 0 Å². The van der Waals surface area contributed by atoms with Gasteiger partial charge in [-0.25, -0.2) is 0 Å². The summed E-state index contributed by atoms with van der Waals surface area (Å²) >= 11 is 0. The fourth-order valence-electron chi connectivity index (χ4n) is 0.575. The second-order valence-electron chi connectivity index (χ2n) is 1.59. The van der Waals surface area contributed by atoms with Gasteiger partial charge in [-0.1, -0.05) is 6.08 Å². The van der Waals surface area contributed by atoms with Crippen LogP contribution in [0.15, 0.2) is 23.9 Å². The third kappa shape index (κ3) is 0.964. The number of dihydropyridines is 1. The van der Waals surface area contributed by atoms with Crippen LogP contribution < -0.4 is 5.32 Å². The molecule has 42 valence electrons. The van der Waals surface area contributed by atoms with Crippen molar-refractivity contribution in [3.8, 4) is 0 Å². The Labute approximate surface area is 48.4 Å². The van der Waals surface area contributed by atoms with Crippen molar-refractivity contribution in [1.82, 2.24) is 5.32 Å². The van der Waals surface area contributed by atoms with Gasteiger partial charge in [0.25, 0.3) is 0 Å². The molecule has 0 aromatic rings. The molecule has 0 unspecified atom stereocenters. The molecule has 0 bridgehead atoms. The van der Waals surface area contributed by atoms with Crippen LogP contribution in [0.4, 0.5) is 0 Å². The molecule has 1 rings (SSSR count). The van der Waals surface area contributed by atoms with Gasteiger partial charge in [-0.2, -0.15) is 0 Å². The van der Waals surface area contributed by atoms with Crippen LogP contribution in [-0.4, -0.2) is 12.8 Å². The largest absolute Gasteiger partial charge is 0.387 e. The van der Waals surface area contributed by atoms with Crippen LogP contribution in [0, 0.1) is 5.41 Å². The fourth-order valence-corrected chi connectivity index (χ4v) is 0.575. The molecule has 0 saturated carbocycles. The highest BCUT2D eigenvalue weighted by molar-refractivity contribution is 5.79. The van der Waals surface area contributed by atoms with Gasteiger partial charge in [0.15, 0.2) is 0 Å². The molecule has 0 fully saturated rings. The summed E-state index contributed by atoms with van der Waals surface area (Å²) in [6, 6.07) is 0. The Balaban J connectivity index is 2.64. The number of rotatable bonds is 1. The highest BCUT2D eigenvalue weighted by Crippen LogP contribution is 1.93. The normalized spacial score (nSPS) is 16.8. The topological polar surface area (TPSA) is 35.9 Å². The zero-order valence-electron chi connectivity index (χ0n) is 4.52. The monoisotopic (exact) mass is 108 g/mol. The van der Waals surface area contributed by atoms with Crippen molar-refractivity contribution in [2.45, 2.75) is 0 Å². The van der Waals surface area contributed by atoms with E-state index in [1.807, 2.05) is 18.4 Å². The molecule has 1 aliphatic rings. The third-order valence-electron chi connectivity index (χ3n) is 1.02. The van der Waals surface area contributed by atoms with Crippen LogP contribution >= 0.6 is 0 Å². The minimum atomic E-state index is 0.848. The van der Waals surface area contributed by atoms with Gasteiger partial charge in [-0.05, 0) is 17.8 Å². The van der Waals surface area contributed by atoms with Gasteiger partial charge in [-0.3, -0.25) is 0 Å². The summed E-state index contributed by atoms with van der Waals surface area (Å²) in [6.07, 6.45) is 7.03. The van der Waals surface area contributed by atoms with Crippen molar-refractivity contribution in [3.05, 3.63) is 23.9 Å². The quantitative estimate of drug-likeness (QED) is 0.476. The number of allylic oxidation sites excluding steroid dienone is 2. The van der Waals surface area contributed by atoms with Crippen molar-refractivity contribution in [1.29, 1.82) is 5.41 Å². The van der Waals surface area contributed by atoms with Crippen LogP contribution in [0.3, 0.4) is 0 Å². The predicted molar refractivity (Wildman–Crippen MR) is 34.0 cm³/mol. The first-order valence-corrected chi connectivity index (χ1v) is 2.54. The molecule has 0 aromatic carbocycles. The van der Waals surface area contributed by atoms with Gasteiger partial charge in [0, 0.05) is 12.8 Å². The van der Waals surface area contributed by atoms with E-state index in [-0.39, 0.29) is 0 Å². The second-order valence-corrected chi connectivity index (χ2v) is 1.59. The Morgan fingerprint density at radius 2 is 2.62 bits per heavy atom. The molecular formula is C6H8N2. The Bertz CT molecular complexity index is 145. The van der Waals surface area contributed by atoms with E-state index in [1.54, 1.807) is 0 Å². The van der Waals surface area contributed by atoms with Gasteiger partial charge >= 0.3 is 0 Å². The Kier molecular flexibility index (Phi) is 1.47. The van der Waals surface area contributed by atoms with Gasteiger partial charge < -0.3 is 10.7 Å². The molecule has 0 aromatic heterocycles. The fraction of sp³-hybridized carbons (Fsp3) is 0.167. The smallest absolute Gasteiger partial charge is 0.0334 e. The number of hydrogen-bond donors (Lipinski definition) is 2. The van der Waals surface area contributed by atoms with Crippen LogP contribution in [-0.2, 0) is 0 Å². The predicted octanol–water partition coefficient (Wildman–Crippen LogP) is 0.679. The lowest BCUT2D eigenvalue weighted by molar-refractivity contribution is 0.967. The van der Waals surface area contributed by atoms with Crippen LogP contribution in [0.2, 0.25) is 0 Å². The average Bonchev–Trinajstić information content (AvgIpc) is 1.90. The second kappa shape index (κ2) is 2.31. The Hall–Kier alpha value is -1.05. The highest BCUT2D eigenvalue weighted by atomic mass is 14.8. The third-order valence-corrected chi connectivity index (χ3v) is 1.02. The Morgan fingerprint density at radius 3 is 3.00 bits per heavy atom. The molecule has 1 heterocycles. The first-order chi connectivity index (χ1) is 3.93. The van der Waals surface area contributed by atoms with E-state index in [0.717, 1.165) is 12.1 Å². The average molecular weight is 108 g/mol. The zero-order chi connectivity index (χ0) is 5.82. The minimum Gasteiger partial charge on any atom is -0.387 e. The molecule has 0 saturated heterocycles. The highest BCUT2D eigenvalue weighted by Gasteiger charge is 1.88. The standard InChI is InChI=1S/C6H8N2/c7-5-6-1-3-8-4-2-6/h1-3,5,7-8H,4H2. The lowest BCUT2D eigenvalue weighted by Crippen LogP contribution is -2.08. The molecule has 2 heteroatoms. The van der Waals surface area contributed by atoms with E-state index in [2.05, 4.69) is 5.32 Å². The van der Waals surface area contributed by atoms with Crippen LogP contribution in [0.5, 0.6) is 0 Å². The Morgan fingerprint density at radius 1 is 1.75 bits per heavy atom. The van der Waals surface area contributed by atoms with Crippen LogP contribution in [0.1, 0.15) is 0 Å². The van der Waals surface area contributed by atoms with Crippen molar-refractivity contribution >= 4 is 6.21 Å². The van der Waals surface area contributed by atoms with Crippen molar-refractivity contribution in [2.75, 3.05) is 6.54 Å². The maximum Gasteiger partial charge on any atom is 0.0334 e. The summed E-state index contributed by atoms with van der Waals surface area (Å²) in [5.74, 6) is 0. The van der Waals surface area contributed by atoms with Crippen molar-refractivity contribution in [2.24, 2.45) is 0 Å². The molecule has 0 aliphatic carbocycles. The van der Waals surface area contributed by atoms with Crippen molar-refractivity contribution < 1.29 is 0 Å². The molecule has 0 atom stereocenters. The number of nitrogens with one attached hydrogen (secondary N) is 2. The number of hydrogen-bond acceptors (Lipinski definition) is 2. The molecule has 0 spiro atoms. The van der Waals surface area contributed by atoms with E-state index in [9.17, 15) is 0 Å². The van der Waals surface area contributed by atoms with Crippen molar-refractivity contribution in [3.63, 3.8) is 0 Å². The van der Waals surface area contributed by atoms with E-state index in [4.69, 9.17) is 5.41 Å². The summed E-state index contributed by atoms with van der Waals surface area (Å²) < 4.78 is 0. The molecule has 2 nitrogen and oxygen atoms in total. The van der Waals surface area contributed by atoms with Gasteiger partial charge in [0.2, 0.25) is 0 Å². The lowest BCUT2D eigenvalue weighted by atomic mass is 10.2. The minimum absolute atomic E-state index is 0.848. The molecule has 2 N–H and O–H groups in total. The summed E-state index contributed by atoms with van der Waals surface area (Å²) in [5, 5.41) is 9.81. The van der Waals surface area contributed by atoms with E-state index in [1.165, 1.54) is 6.21 Å². The first kappa shape index (κ1) is 5.09. The lowest BCUT2D eigenvalue weighted by Gasteiger charge is -2.01. The summed E-state index contributed by atoms with van der Waals surface area (Å²) in [5.41, 5.74) is 0.976. The van der Waals surface area contributed by atoms with Gasteiger partial charge in [0.1, 0.15) is 0 Å². The maximum atomic E-state index is 6.82. The molecular weight excluding hydrogens is 100 g/mol. The first-order valence-electron chi connectivity index (χ1n) is 2.54. The van der Waals surface area contributed by atoms with E-state index >= 15 is 0 Å². The SMILES string of the molecule is N=CC1=CCNC=C1. The maximum absolute atomic E-state index is 6.82. The molecule has 8 heavy (non-hydrogen) atoms.